The second kappa shape index (κ2) is 6.12. The van der Waals surface area contributed by atoms with Crippen molar-refractivity contribution in [3.05, 3.63) is 59.7 Å². The van der Waals surface area contributed by atoms with Gasteiger partial charge in [0.2, 0.25) is 0 Å². The normalized spacial score (nSPS) is 14.5. The van der Waals surface area contributed by atoms with Crippen molar-refractivity contribution in [1.29, 1.82) is 0 Å². The Labute approximate surface area is 123 Å². The standard InChI is InChI=1S/C17H18F2N2/c18-14-8-7-13(11-15(14)19)12-20-16-5-1-2-6-17(16)21-9-3-4-10-21/h1-2,5-8,11,20H,3-4,9-10,12H2. The minimum atomic E-state index is -0.809. The molecule has 0 aromatic heterocycles. The second-order valence-electron chi connectivity index (χ2n) is 5.31. The van der Waals surface area contributed by atoms with E-state index in [9.17, 15) is 8.78 Å². The first-order chi connectivity index (χ1) is 10.2. The van der Waals surface area contributed by atoms with Crippen molar-refractivity contribution in [2.24, 2.45) is 0 Å². The van der Waals surface area contributed by atoms with E-state index < -0.39 is 11.6 Å². The van der Waals surface area contributed by atoms with Crippen LogP contribution in [0.1, 0.15) is 18.4 Å². The molecule has 0 atom stereocenters. The van der Waals surface area contributed by atoms with E-state index in [1.54, 1.807) is 6.07 Å². The molecule has 2 nitrogen and oxygen atoms in total. The van der Waals surface area contributed by atoms with Crippen molar-refractivity contribution in [2.75, 3.05) is 23.3 Å². The van der Waals surface area contributed by atoms with Gasteiger partial charge in [-0.2, -0.15) is 0 Å². The molecule has 21 heavy (non-hydrogen) atoms. The summed E-state index contributed by atoms with van der Waals surface area (Å²) >= 11 is 0. The molecule has 2 aromatic rings. The molecule has 1 fully saturated rings. The lowest BCUT2D eigenvalue weighted by molar-refractivity contribution is 0.507. The zero-order valence-electron chi connectivity index (χ0n) is 11.8. The Morgan fingerprint density at radius 3 is 2.48 bits per heavy atom. The third-order valence-electron chi connectivity index (χ3n) is 3.82. The molecule has 110 valence electrons. The Hall–Kier alpha value is -2.10. The molecule has 2 aromatic carbocycles. The fourth-order valence-electron chi connectivity index (χ4n) is 2.70. The SMILES string of the molecule is Fc1ccc(CNc2ccccc2N2CCCC2)cc1F. The molecule has 1 aliphatic heterocycles. The Bertz CT molecular complexity index is 622. The average molecular weight is 288 g/mol. The Morgan fingerprint density at radius 1 is 0.952 bits per heavy atom. The van der Waals surface area contributed by atoms with E-state index in [1.807, 2.05) is 18.2 Å². The highest BCUT2D eigenvalue weighted by molar-refractivity contribution is 5.70. The summed E-state index contributed by atoms with van der Waals surface area (Å²) in [5.41, 5.74) is 2.94. The van der Waals surface area contributed by atoms with Gasteiger partial charge in [0, 0.05) is 19.6 Å². The summed E-state index contributed by atoms with van der Waals surface area (Å²) in [5, 5.41) is 3.32. The predicted octanol–water partition coefficient (Wildman–Crippen LogP) is 4.18. The monoisotopic (exact) mass is 288 g/mol. The number of nitrogens with zero attached hydrogens (tertiary/aromatic N) is 1. The van der Waals surface area contributed by atoms with Gasteiger partial charge in [-0.05, 0) is 42.7 Å². The van der Waals surface area contributed by atoms with Crippen molar-refractivity contribution in [3.63, 3.8) is 0 Å². The van der Waals surface area contributed by atoms with Crippen LogP contribution in [0.5, 0.6) is 0 Å². The summed E-state index contributed by atoms with van der Waals surface area (Å²) in [6.07, 6.45) is 2.44. The van der Waals surface area contributed by atoms with Crippen LogP contribution in [0.4, 0.5) is 20.2 Å². The molecule has 0 saturated carbocycles. The van der Waals surface area contributed by atoms with E-state index in [1.165, 1.54) is 30.7 Å². The van der Waals surface area contributed by atoms with Gasteiger partial charge in [0.25, 0.3) is 0 Å². The molecule has 0 spiro atoms. The van der Waals surface area contributed by atoms with Crippen LogP contribution in [0.15, 0.2) is 42.5 Å². The lowest BCUT2D eigenvalue weighted by atomic mass is 10.2. The van der Waals surface area contributed by atoms with Crippen LogP contribution >= 0.6 is 0 Å². The molecular weight excluding hydrogens is 270 g/mol. The molecule has 0 unspecified atom stereocenters. The van der Waals surface area contributed by atoms with Gasteiger partial charge in [-0.25, -0.2) is 8.78 Å². The molecular formula is C17H18F2N2. The van der Waals surface area contributed by atoms with Crippen molar-refractivity contribution >= 4 is 11.4 Å². The number of nitrogens with one attached hydrogen (secondary N) is 1. The number of hydrogen-bond acceptors (Lipinski definition) is 2. The number of anilines is 2. The van der Waals surface area contributed by atoms with Crippen LogP contribution in [0.2, 0.25) is 0 Å². The van der Waals surface area contributed by atoms with E-state index in [0.717, 1.165) is 24.3 Å². The molecule has 0 bridgehead atoms. The maximum Gasteiger partial charge on any atom is 0.159 e. The molecule has 1 aliphatic rings. The number of para-hydroxylation sites is 2. The zero-order chi connectivity index (χ0) is 14.7. The molecule has 0 aliphatic carbocycles. The van der Waals surface area contributed by atoms with Gasteiger partial charge < -0.3 is 10.2 Å². The Balaban J connectivity index is 1.74. The lowest BCUT2D eigenvalue weighted by Gasteiger charge is -2.22. The smallest absolute Gasteiger partial charge is 0.159 e. The molecule has 0 amide bonds. The van der Waals surface area contributed by atoms with E-state index in [0.29, 0.717) is 6.54 Å². The van der Waals surface area contributed by atoms with Crippen LogP contribution in [-0.4, -0.2) is 13.1 Å². The average Bonchev–Trinajstić information content (AvgIpc) is 3.03. The van der Waals surface area contributed by atoms with Gasteiger partial charge in [-0.15, -0.1) is 0 Å². The van der Waals surface area contributed by atoms with Crippen LogP contribution in [-0.2, 0) is 6.54 Å². The predicted molar refractivity (Wildman–Crippen MR) is 81.6 cm³/mol. The van der Waals surface area contributed by atoms with Crippen LogP contribution < -0.4 is 10.2 Å². The maximum absolute atomic E-state index is 13.2. The van der Waals surface area contributed by atoms with Crippen molar-refractivity contribution in [3.8, 4) is 0 Å². The first-order valence-corrected chi connectivity index (χ1v) is 7.26. The number of hydrogen-bond donors (Lipinski definition) is 1. The quantitative estimate of drug-likeness (QED) is 0.908. The molecule has 0 radical (unpaired) electrons. The van der Waals surface area contributed by atoms with Crippen molar-refractivity contribution in [1.82, 2.24) is 0 Å². The van der Waals surface area contributed by atoms with Gasteiger partial charge in [0.05, 0.1) is 11.4 Å². The Morgan fingerprint density at radius 2 is 1.71 bits per heavy atom. The van der Waals surface area contributed by atoms with E-state index in [2.05, 4.69) is 16.3 Å². The largest absolute Gasteiger partial charge is 0.379 e. The fraction of sp³-hybridized carbons (Fsp3) is 0.294. The van der Waals surface area contributed by atoms with Gasteiger partial charge in [-0.1, -0.05) is 18.2 Å². The summed E-state index contributed by atoms with van der Waals surface area (Å²) in [4.78, 5) is 2.35. The number of halogens is 2. The minimum absolute atomic E-state index is 0.474. The summed E-state index contributed by atoms with van der Waals surface area (Å²) in [6.45, 7) is 2.62. The molecule has 1 heterocycles. The van der Waals surface area contributed by atoms with Gasteiger partial charge in [-0.3, -0.25) is 0 Å². The summed E-state index contributed by atoms with van der Waals surface area (Å²) in [7, 11) is 0. The second-order valence-corrected chi connectivity index (χ2v) is 5.31. The first-order valence-electron chi connectivity index (χ1n) is 7.26. The third-order valence-corrected chi connectivity index (χ3v) is 3.82. The molecule has 1 N–H and O–H groups in total. The van der Waals surface area contributed by atoms with Crippen LogP contribution in [0.25, 0.3) is 0 Å². The highest BCUT2D eigenvalue weighted by Gasteiger charge is 2.15. The summed E-state index contributed by atoms with van der Waals surface area (Å²) in [6, 6.07) is 12.1. The number of benzene rings is 2. The summed E-state index contributed by atoms with van der Waals surface area (Å²) < 4.78 is 26.1. The summed E-state index contributed by atoms with van der Waals surface area (Å²) in [5.74, 6) is -1.61. The van der Waals surface area contributed by atoms with E-state index in [-0.39, 0.29) is 0 Å². The highest BCUT2D eigenvalue weighted by Crippen LogP contribution is 2.29. The van der Waals surface area contributed by atoms with Gasteiger partial charge in [0.15, 0.2) is 11.6 Å². The Kier molecular flexibility index (Phi) is 4.04. The molecule has 1 saturated heterocycles. The fourth-order valence-corrected chi connectivity index (χ4v) is 2.70. The zero-order valence-corrected chi connectivity index (χ0v) is 11.8. The van der Waals surface area contributed by atoms with E-state index >= 15 is 0 Å². The molecule has 3 rings (SSSR count). The minimum Gasteiger partial charge on any atom is -0.379 e. The number of rotatable bonds is 4. The van der Waals surface area contributed by atoms with E-state index in [4.69, 9.17) is 0 Å². The molecule has 4 heteroatoms. The van der Waals surface area contributed by atoms with Crippen LogP contribution in [0, 0.1) is 11.6 Å². The van der Waals surface area contributed by atoms with Gasteiger partial charge >= 0.3 is 0 Å². The highest BCUT2D eigenvalue weighted by atomic mass is 19.2. The lowest BCUT2D eigenvalue weighted by Crippen LogP contribution is -2.19. The van der Waals surface area contributed by atoms with Gasteiger partial charge in [0.1, 0.15) is 0 Å². The van der Waals surface area contributed by atoms with Crippen LogP contribution in [0.3, 0.4) is 0 Å². The third kappa shape index (κ3) is 3.15. The maximum atomic E-state index is 13.2. The van der Waals surface area contributed by atoms with Crippen molar-refractivity contribution in [2.45, 2.75) is 19.4 Å². The topological polar surface area (TPSA) is 15.3 Å². The first kappa shape index (κ1) is 13.9. The van der Waals surface area contributed by atoms with Crippen molar-refractivity contribution < 1.29 is 8.78 Å².